The molecule has 35 heavy (non-hydrogen) atoms. The lowest BCUT2D eigenvalue weighted by Gasteiger charge is -2.34. The fourth-order valence-corrected chi connectivity index (χ4v) is 5.47. The van der Waals surface area contributed by atoms with Gasteiger partial charge in [0.05, 0.1) is 0 Å². The topological polar surface area (TPSA) is 134 Å². The van der Waals surface area contributed by atoms with E-state index >= 15 is 0 Å². The van der Waals surface area contributed by atoms with E-state index in [0.29, 0.717) is 55.2 Å². The van der Waals surface area contributed by atoms with Crippen molar-refractivity contribution in [3.63, 3.8) is 0 Å². The molecule has 0 bridgehead atoms. The number of hydrogen-bond donors (Lipinski definition) is 1. The van der Waals surface area contributed by atoms with Gasteiger partial charge in [-0.05, 0) is 41.4 Å². The van der Waals surface area contributed by atoms with E-state index in [0.717, 1.165) is 18.4 Å². The number of H-pyrrole nitrogens is 1. The highest BCUT2D eigenvalue weighted by atomic mass is 32.2. The molecule has 0 spiro atoms. The molecule has 1 N–H and O–H groups in total. The lowest BCUT2D eigenvalue weighted by atomic mass is 9.81. The maximum Gasteiger partial charge on any atom is 0.416 e. The number of ether oxygens (including phenoxy) is 1. The van der Waals surface area contributed by atoms with Gasteiger partial charge >= 0.3 is 6.09 Å². The standard InChI is InChI=1S/C23H31N7O4S/c1-15(35-21-25-27-28-26-21)17-7-9-29(10-8-17)22(33)34-18-5-4-16(14-24-18)6-11-30-19(31)12-23(2,3)13-20(30)32/h4-5,14-15,17H,6-13H2,1-3H3,(H,25,26,27,28). The van der Waals surface area contributed by atoms with E-state index in [1.165, 1.54) is 4.90 Å². The van der Waals surface area contributed by atoms with Crippen molar-refractivity contribution >= 4 is 29.7 Å². The molecule has 0 radical (unpaired) electrons. The fraction of sp³-hybridized carbons (Fsp3) is 0.609. The second-order valence-electron chi connectivity index (χ2n) is 9.92. The normalized spacial score (nSPS) is 19.6. The second-order valence-corrected chi connectivity index (χ2v) is 11.3. The number of carbonyl (C=O) groups excluding carboxylic acids is 3. The van der Waals surface area contributed by atoms with Crippen molar-refractivity contribution in [2.45, 2.75) is 63.3 Å². The Kier molecular flexibility index (Phi) is 7.68. The van der Waals surface area contributed by atoms with Gasteiger partial charge < -0.3 is 9.64 Å². The number of aromatic amines is 1. The van der Waals surface area contributed by atoms with E-state index in [-0.39, 0.29) is 23.1 Å². The van der Waals surface area contributed by atoms with Gasteiger partial charge in [0, 0.05) is 50.0 Å². The molecule has 2 aromatic heterocycles. The van der Waals surface area contributed by atoms with E-state index in [2.05, 4.69) is 32.5 Å². The van der Waals surface area contributed by atoms with Gasteiger partial charge in [-0.25, -0.2) is 9.78 Å². The van der Waals surface area contributed by atoms with Crippen LogP contribution in [0.25, 0.3) is 0 Å². The van der Waals surface area contributed by atoms with Gasteiger partial charge in [0.25, 0.3) is 0 Å². The van der Waals surface area contributed by atoms with Crippen molar-refractivity contribution in [3.05, 3.63) is 23.9 Å². The van der Waals surface area contributed by atoms with Crippen LogP contribution in [0.5, 0.6) is 5.88 Å². The molecule has 2 aliphatic heterocycles. The molecule has 12 heteroatoms. The average molecular weight is 502 g/mol. The number of aromatic nitrogens is 5. The first-order valence-corrected chi connectivity index (χ1v) is 12.7. The minimum atomic E-state index is -0.408. The predicted octanol–water partition coefficient (Wildman–Crippen LogP) is 2.70. The van der Waals surface area contributed by atoms with Gasteiger partial charge in [-0.3, -0.25) is 14.5 Å². The molecule has 0 aliphatic carbocycles. The highest BCUT2D eigenvalue weighted by Crippen LogP contribution is 2.32. The second kappa shape index (κ2) is 10.7. The lowest BCUT2D eigenvalue weighted by molar-refractivity contribution is -0.152. The predicted molar refractivity (Wildman–Crippen MR) is 127 cm³/mol. The lowest BCUT2D eigenvalue weighted by Crippen LogP contribution is -2.46. The zero-order valence-electron chi connectivity index (χ0n) is 20.3. The van der Waals surface area contributed by atoms with Gasteiger partial charge in [-0.2, -0.15) is 5.21 Å². The maximum atomic E-state index is 12.6. The number of nitrogens with zero attached hydrogens (tertiary/aromatic N) is 6. The molecule has 1 unspecified atom stereocenters. The largest absolute Gasteiger partial charge is 0.416 e. The van der Waals surface area contributed by atoms with Gasteiger partial charge in [0.15, 0.2) is 0 Å². The van der Waals surface area contributed by atoms with E-state index < -0.39 is 6.09 Å². The van der Waals surface area contributed by atoms with Crippen LogP contribution in [-0.4, -0.2) is 78.2 Å². The van der Waals surface area contributed by atoms with Gasteiger partial charge in [0.2, 0.25) is 22.9 Å². The zero-order valence-corrected chi connectivity index (χ0v) is 21.1. The van der Waals surface area contributed by atoms with Crippen molar-refractivity contribution in [1.29, 1.82) is 0 Å². The molecule has 2 aromatic rings. The molecule has 3 amide bonds. The summed E-state index contributed by atoms with van der Waals surface area (Å²) >= 11 is 1.58. The Morgan fingerprint density at radius 2 is 1.94 bits per heavy atom. The summed E-state index contributed by atoms with van der Waals surface area (Å²) in [4.78, 5) is 44.5. The molecule has 0 aromatic carbocycles. The van der Waals surface area contributed by atoms with Crippen LogP contribution in [0.1, 0.15) is 52.0 Å². The highest BCUT2D eigenvalue weighted by Gasteiger charge is 2.37. The molecule has 2 aliphatic rings. The van der Waals surface area contributed by atoms with E-state index in [1.807, 2.05) is 19.9 Å². The summed E-state index contributed by atoms with van der Waals surface area (Å²) in [5, 5.41) is 15.0. The minimum absolute atomic E-state index is 0.128. The number of rotatable bonds is 7. The van der Waals surface area contributed by atoms with Crippen LogP contribution in [0, 0.1) is 11.3 Å². The fourth-order valence-electron chi connectivity index (χ4n) is 4.49. The van der Waals surface area contributed by atoms with Crippen molar-refractivity contribution in [2.24, 2.45) is 11.3 Å². The summed E-state index contributed by atoms with van der Waals surface area (Å²) in [5.41, 5.74) is 0.587. The first-order valence-electron chi connectivity index (χ1n) is 11.9. The molecule has 2 fully saturated rings. The number of imide groups is 1. The van der Waals surface area contributed by atoms with E-state index in [4.69, 9.17) is 4.74 Å². The highest BCUT2D eigenvalue weighted by molar-refractivity contribution is 7.99. The van der Waals surface area contributed by atoms with Crippen LogP contribution in [0.15, 0.2) is 23.5 Å². The number of nitrogens with one attached hydrogen (secondary N) is 1. The number of amides is 3. The van der Waals surface area contributed by atoms with Crippen molar-refractivity contribution in [3.8, 4) is 5.88 Å². The first-order chi connectivity index (χ1) is 16.7. The van der Waals surface area contributed by atoms with Gasteiger partial charge in [-0.1, -0.05) is 38.6 Å². The Balaban J connectivity index is 1.21. The Bertz CT molecular complexity index is 1020. The SMILES string of the molecule is CC(Sc1nn[nH]n1)C1CCN(C(=O)Oc2ccc(CCN3C(=O)CC(C)(C)CC3=O)cn2)CC1. The minimum Gasteiger partial charge on any atom is -0.391 e. The number of thioether (sulfide) groups is 1. The summed E-state index contributed by atoms with van der Waals surface area (Å²) in [5.74, 6) is 0.422. The molecule has 1 atom stereocenters. The van der Waals surface area contributed by atoms with Crippen molar-refractivity contribution in [1.82, 2.24) is 35.4 Å². The average Bonchev–Trinajstić information content (AvgIpc) is 3.32. The number of carbonyl (C=O) groups is 3. The molecular weight excluding hydrogens is 470 g/mol. The Labute approximate surface area is 208 Å². The zero-order chi connectivity index (χ0) is 25.0. The summed E-state index contributed by atoms with van der Waals surface area (Å²) in [6.45, 7) is 7.57. The summed E-state index contributed by atoms with van der Waals surface area (Å²) in [6, 6.07) is 3.45. The summed E-state index contributed by atoms with van der Waals surface area (Å²) < 4.78 is 5.46. The molecule has 2 saturated heterocycles. The van der Waals surface area contributed by atoms with Crippen LogP contribution in [0.2, 0.25) is 0 Å². The summed E-state index contributed by atoms with van der Waals surface area (Å²) in [6.07, 6.45) is 4.21. The number of tetrazole rings is 1. The first kappa shape index (κ1) is 25.1. The van der Waals surface area contributed by atoms with Crippen LogP contribution in [0.3, 0.4) is 0 Å². The van der Waals surface area contributed by atoms with Crippen molar-refractivity contribution < 1.29 is 19.1 Å². The third-order valence-electron chi connectivity index (χ3n) is 6.55. The molecule has 0 saturated carbocycles. The van der Waals surface area contributed by atoms with Crippen LogP contribution >= 0.6 is 11.8 Å². The monoisotopic (exact) mass is 501 g/mol. The Hall–Kier alpha value is -3.02. The third kappa shape index (κ3) is 6.56. The number of hydrogen-bond acceptors (Lipinski definition) is 9. The van der Waals surface area contributed by atoms with E-state index in [9.17, 15) is 14.4 Å². The molecule has 4 rings (SSSR count). The number of likely N-dealkylation sites (tertiary alicyclic amines) is 2. The van der Waals surface area contributed by atoms with Crippen molar-refractivity contribution in [2.75, 3.05) is 19.6 Å². The number of piperidine rings is 2. The van der Waals surface area contributed by atoms with Crippen LogP contribution in [0.4, 0.5) is 4.79 Å². The molecule has 11 nitrogen and oxygen atoms in total. The van der Waals surface area contributed by atoms with Crippen LogP contribution in [-0.2, 0) is 16.0 Å². The van der Waals surface area contributed by atoms with E-state index in [1.54, 1.807) is 28.9 Å². The Morgan fingerprint density at radius 3 is 2.54 bits per heavy atom. The van der Waals surface area contributed by atoms with Crippen LogP contribution < -0.4 is 4.74 Å². The van der Waals surface area contributed by atoms with Gasteiger partial charge in [-0.15, -0.1) is 10.2 Å². The number of pyridine rings is 1. The maximum absolute atomic E-state index is 12.6. The summed E-state index contributed by atoms with van der Waals surface area (Å²) in [7, 11) is 0. The molecule has 188 valence electrons. The molecular formula is C23H31N7O4S. The Morgan fingerprint density at radius 1 is 1.23 bits per heavy atom. The molecule has 4 heterocycles. The quantitative estimate of drug-likeness (QED) is 0.449. The van der Waals surface area contributed by atoms with Gasteiger partial charge in [0.1, 0.15) is 0 Å². The third-order valence-corrected chi connectivity index (χ3v) is 7.69. The smallest absolute Gasteiger partial charge is 0.391 e.